The number of allylic oxidation sites excluding steroid dienone is 2. The quantitative estimate of drug-likeness (QED) is 0.0789. The van der Waals surface area contributed by atoms with Gasteiger partial charge in [0.25, 0.3) is 8.32 Å². The number of aliphatic hydroxyl groups is 1. The van der Waals surface area contributed by atoms with E-state index in [1.165, 1.54) is 33.3 Å². The molecule has 3 aromatic carbocycles. The van der Waals surface area contributed by atoms with Gasteiger partial charge in [-0.3, -0.25) is 9.78 Å². The molecule has 4 nitrogen and oxygen atoms in total. The maximum atomic E-state index is 11.7. The number of hydrogen-bond acceptors (Lipinski definition) is 4. The molecule has 6 heteroatoms. The molecule has 1 N–H and O–H groups in total. The van der Waals surface area contributed by atoms with Crippen molar-refractivity contribution in [1.29, 1.82) is 0 Å². The van der Waals surface area contributed by atoms with Gasteiger partial charge in [0, 0.05) is 55.5 Å². The molecule has 1 aliphatic rings. The Morgan fingerprint density at radius 2 is 1.58 bits per heavy atom. The number of nitrogens with zero attached hydrogens (tertiary/aromatic N) is 1. The zero-order valence-corrected chi connectivity index (χ0v) is 34.0. The Balaban J connectivity index is 0.000000334. The number of ketones is 1. The molecule has 0 atom stereocenters. The largest absolute Gasteiger partial charge is 0.543 e. The zero-order valence-electron chi connectivity index (χ0n) is 30.6. The maximum Gasteiger partial charge on any atom is 0.276 e. The van der Waals surface area contributed by atoms with Gasteiger partial charge in [0.05, 0.1) is 5.76 Å². The first-order chi connectivity index (χ1) is 22.2. The molecule has 0 saturated carbocycles. The van der Waals surface area contributed by atoms with E-state index in [2.05, 4.69) is 101 Å². The molecule has 1 radical (unpaired) electrons. The van der Waals surface area contributed by atoms with Crippen LogP contribution in [0.15, 0.2) is 72.6 Å². The first kappa shape index (κ1) is 39.4. The summed E-state index contributed by atoms with van der Waals surface area (Å²) < 4.78 is 6.82. The molecule has 2 heterocycles. The number of aromatic nitrogens is 1. The van der Waals surface area contributed by atoms with Crippen LogP contribution in [0.4, 0.5) is 0 Å². The van der Waals surface area contributed by atoms with Crippen LogP contribution in [0.25, 0.3) is 33.2 Å². The molecule has 48 heavy (non-hydrogen) atoms. The van der Waals surface area contributed by atoms with E-state index in [4.69, 9.17) is 9.41 Å². The van der Waals surface area contributed by atoms with Crippen molar-refractivity contribution in [2.75, 3.05) is 0 Å². The van der Waals surface area contributed by atoms with E-state index in [9.17, 15) is 9.90 Å². The number of pyridine rings is 1. The Morgan fingerprint density at radius 1 is 0.938 bits per heavy atom. The minimum absolute atomic E-state index is 0. The fraction of sp³-hybridized carbons (Fsp3) is 0.429. The van der Waals surface area contributed by atoms with Crippen molar-refractivity contribution < 1.29 is 34.4 Å². The van der Waals surface area contributed by atoms with E-state index in [-0.39, 0.29) is 48.9 Å². The number of rotatable bonds is 9. The summed E-state index contributed by atoms with van der Waals surface area (Å²) in [4.78, 5) is 16.5. The summed E-state index contributed by atoms with van der Waals surface area (Å²) in [6, 6.07) is 23.3. The Hall–Kier alpha value is -3.05. The molecule has 0 amide bonds. The van der Waals surface area contributed by atoms with Gasteiger partial charge < -0.3 is 9.53 Å². The number of carbonyl (C=O) groups excluding carboxylic acids is 1. The minimum Gasteiger partial charge on any atom is -0.543 e. The number of benzene rings is 3. The molecular formula is C42H54IrNO3Si-. The van der Waals surface area contributed by atoms with Crippen LogP contribution in [0, 0.1) is 30.2 Å². The van der Waals surface area contributed by atoms with E-state index in [0.29, 0.717) is 0 Å². The predicted molar refractivity (Wildman–Crippen MR) is 201 cm³/mol. The van der Waals surface area contributed by atoms with Gasteiger partial charge in [-0.25, -0.2) is 0 Å². The smallest absolute Gasteiger partial charge is 0.276 e. The Kier molecular flexibility index (Phi) is 13.6. The van der Waals surface area contributed by atoms with Crippen LogP contribution in [0.1, 0.15) is 85.3 Å². The summed E-state index contributed by atoms with van der Waals surface area (Å²) in [5.74, 6) is 1.46. The van der Waals surface area contributed by atoms with Crippen molar-refractivity contribution in [3.8, 4) is 28.1 Å². The van der Waals surface area contributed by atoms with Gasteiger partial charge in [-0.15, -0.1) is 29.1 Å². The Bertz CT molecular complexity index is 1750. The van der Waals surface area contributed by atoms with Gasteiger partial charge in [0.15, 0.2) is 5.78 Å². The zero-order chi connectivity index (χ0) is 34.5. The Labute approximate surface area is 303 Å². The monoisotopic (exact) mass is 841 g/mol. The molecule has 259 valence electrons. The van der Waals surface area contributed by atoms with Gasteiger partial charge in [0.2, 0.25) is 0 Å². The van der Waals surface area contributed by atoms with E-state index in [1.807, 2.05) is 33.9 Å². The second-order valence-electron chi connectivity index (χ2n) is 14.7. The normalized spacial score (nSPS) is 13.6. The third-order valence-electron chi connectivity index (χ3n) is 9.34. The second kappa shape index (κ2) is 16.6. The molecule has 0 bridgehead atoms. The molecule has 5 rings (SSSR count). The van der Waals surface area contributed by atoms with E-state index < -0.39 is 8.32 Å². The first-order valence-corrected chi connectivity index (χ1v) is 20.3. The van der Waals surface area contributed by atoms with Crippen LogP contribution >= 0.6 is 0 Å². The van der Waals surface area contributed by atoms with Gasteiger partial charge in [0.1, 0.15) is 5.75 Å². The van der Waals surface area contributed by atoms with Crippen LogP contribution in [0.3, 0.4) is 0 Å². The number of aryl methyl sites for hydroxylation is 1. The fourth-order valence-electron chi connectivity index (χ4n) is 6.63. The van der Waals surface area contributed by atoms with Gasteiger partial charge in [-0.05, 0) is 73.0 Å². The number of aliphatic hydroxyl groups excluding tert-OH is 1. The van der Waals surface area contributed by atoms with Crippen molar-refractivity contribution >= 4 is 30.1 Å². The predicted octanol–water partition coefficient (Wildman–Crippen LogP) is 10.9. The van der Waals surface area contributed by atoms with Crippen LogP contribution in [0.5, 0.6) is 5.75 Å². The van der Waals surface area contributed by atoms with Gasteiger partial charge in [-0.1, -0.05) is 103 Å². The molecule has 1 aliphatic heterocycles. The summed E-state index contributed by atoms with van der Waals surface area (Å²) in [5, 5.41) is 13.5. The molecule has 4 aromatic rings. The van der Waals surface area contributed by atoms with Crippen molar-refractivity contribution in [3.05, 3.63) is 89.8 Å². The number of fused-ring (bicyclic) bond motifs is 4. The average Bonchev–Trinajstić information content (AvgIpc) is 3.01. The van der Waals surface area contributed by atoms with Crippen LogP contribution in [-0.2, 0) is 31.3 Å². The summed E-state index contributed by atoms with van der Waals surface area (Å²) in [5.41, 5.74) is 7.19. The van der Waals surface area contributed by atoms with Crippen molar-refractivity contribution in [3.63, 3.8) is 0 Å². The summed E-state index contributed by atoms with van der Waals surface area (Å²) in [6.45, 7) is 21.7. The molecule has 0 saturated heterocycles. The van der Waals surface area contributed by atoms with E-state index >= 15 is 0 Å². The van der Waals surface area contributed by atoms with E-state index in [1.54, 1.807) is 0 Å². The topological polar surface area (TPSA) is 59.4 Å². The van der Waals surface area contributed by atoms with Crippen LogP contribution in [-0.4, -0.2) is 24.2 Å². The minimum atomic E-state index is -2.15. The molecule has 0 unspecified atom stereocenters. The SMILES string of the molecule is CCC(CC)C(=O)/C=C(\O)C(CC)CC.Cc1cc(-c2nccc3c2O[Si](C)(C)c2cc(CC(C)(C)C)ccc2-3)[c-]c2ccccc12.[Ir]. The van der Waals surface area contributed by atoms with Crippen molar-refractivity contribution in [1.82, 2.24) is 4.98 Å². The molecule has 1 aromatic heterocycles. The summed E-state index contributed by atoms with van der Waals surface area (Å²) in [6.07, 6.45) is 7.87. The molecular weight excluding hydrogens is 787 g/mol. The van der Waals surface area contributed by atoms with Gasteiger partial charge >= 0.3 is 0 Å². The first-order valence-electron chi connectivity index (χ1n) is 17.4. The standard InChI is InChI=1S/C29H30NOSi.C13H24O2.Ir/c1-19-15-22(17-21-9-7-8-10-23(19)21)27-28-25(13-14-30-27)24-12-11-20(18-29(2,3)4)16-26(24)32(5,6)31-28;1-5-10(6-2)12(14)9-13(15)11(7-3)8-4;/h7-16H,18H2,1-6H3;9-11,14H,5-8H2,1-4H3;/q-1;;/b;12-9-;. The number of hydrogen-bond donors (Lipinski definition) is 1. The maximum absolute atomic E-state index is 11.7. The van der Waals surface area contributed by atoms with Crippen LogP contribution < -0.4 is 9.61 Å². The third kappa shape index (κ3) is 9.14. The van der Waals surface area contributed by atoms with Crippen molar-refractivity contribution in [2.24, 2.45) is 17.3 Å². The summed E-state index contributed by atoms with van der Waals surface area (Å²) in [7, 11) is -2.15. The number of carbonyl (C=O) groups is 1. The average molecular weight is 841 g/mol. The van der Waals surface area contributed by atoms with Crippen LogP contribution in [0.2, 0.25) is 13.1 Å². The van der Waals surface area contributed by atoms with E-state index in [0.717, 1.165) is 60.1 Å². The summed E-state index contributed by atoms with van der Waals surface area (Å²) >= 11 is 0. The molecule has 0 spiro atoms. The molecule has 0 fully saturated rings. The van der Waals surface area contributed by atoms with Crippen molar-refractivity contribution in [2.45, 2.75) is 101 Å². The van der Waals surface area contributed by atoms with Gasteiger partial charge in [-0.2, -0.15) is 0 Å². The second-order valence-corrected chi connectivity index (χ2v) is 18.4. The molecule has 0 aliphatic carbocycles. The Morgan fingerprint density at radius 3 is 2.21 bits per heavy atom. The third-order valence-corrected chi connectivity index (χ3v) is 11.8. The fourth-order valence-corrected chi connectivity index (χ4v) is 8.86.